The van der Waals surface area contributed by atoms with Crippen LogP contribution in [-0.2, 0) is 6.54 Å². The van der Waals surface area contributed by atoms with Crippen LogP contribution in [0, 0.1) is 6.92 Å². The molecule has 0 saturated heterocycles. The highest BCUT2D eigenvalue weighted by Gasteiger charge is 2.01. The SMILES string of the molecule is Cc1ccc(NCc2ncc(Cl)s2)cc1Br. The molecule has 0 aliphatic heterocycles. The van der Waals surface area contributed by atoms with Gasteiger partial charge >= 0.3 is 0 Å². The number of halogens is 2. The second kappa shape index (κ2) is 5.17. The Morgan fingerprint density at radius 3 is 2.94 bits per heavy atom. The van der Waals surface area contributed by atoms with Crippen molar-refractivity contribution in [3.63, 3.8) is 0 Å². The molecular weight excluding hydrogens is 308 g/mol. The molecule has 2 nitrogen and oxygen atoms in total. The number of rotatable bonds is 3. The van der Waals surface area contributed by atoms with Crippen LogP contribution in [-0.4, -0.2) is 4.98 Å². The van der Waals surface area contributed by atoms with E-state index < -0.39 is 0 Å². The van der Waals surface area contributed by atoms with E-state index in [1.807, 2.05) is 0 Å². The Bertz CT molecular complexity index is 498. The fraction of sp³-hybridized carbons (Fsp3) is 0.182. The molecule has 2 aromatic rings. The Morgan fingerprint density at radius 1 is 1.50 bits per heavy atom. The van der Waals surface area contributed by atoms with E-state index in [1.165, 1.54) is 16.9 Å². The predicted molar refractivity (Wildman–Crippen MR) is 73.3 cm³/mol. The van der Waals surface area contributed by atoms with Gasteiger partial charge in [0, 0.05) is 10.2 Å². The van der Waals surface area contributed by atoms with Crippen molar-refractivity contribution in [3.05, 3.63) is 43.8 Å². The maximum absolute atomic E-state index is 5.81. The summed E-state index contributed by atoms with van der Waals surface area (Å²) in [6.07, 6.45) is 1.67. The third-order valence-electron chi connectivity index (χ3n) is 2.14. The largest absolute Gasteiger partial charge is 0.378 e. The molecule has 0 fully saturated rings. The van der Waals surface area contributed by atoms with Gasteiger partial charge in [-0.1, -0.05) is 33.6 Å². The van der Waals surface area contributed by atoms with Gasteiger partial charge in [-0.3, -0.25) is 0 Å². The number of thiazole rings is 1. The van der Waals surface area contributed by atoms with E-state index in [1.54, 1.807) is 6.20 Å². The van der Waals surface area contributed by atoms with Crippen LogP contribution in [0.25, 0.3) is 0 Å². The Morgan fingerprint density at radius 2 is 2.31 bits per heavy atom. The Hall–Kier alpha value is -0.580. The number of aromatic nitrogens is 1. The van der Waals surface area contributed by atoms with Crippen molar-refractivity contribution >= 4 is 44.6 Å². The second-order valence-electron chi connectivity index (χ2n) is 3.38. The first-order valence-corrected chi connectivity index (χ1v) is 6.74. The molecule has 2 rings (SSSR count). The Labute approximate surface area is 112 Å². The van der Waals surface area contributed by atoms with Crippen molar-refractivity contribution < 1.29 is 0 Å². The van der Waals surface area contributed by atoms with Gasteiger partial charge in [0.1, 0.15) is 9.34 Å². The first-order valence-electron chi connectivity index (χ1n) is 4.75. The van der Waals surface area contributed by atoms with E-state index in [2.05, 4.69) is 51.4 Å². The topological polar surface area (TPSA) is 24.9 Å². The molecule has 16 heavy (non-hydrogen) atoms. The molecule has 1 N–H and O–H groups in total. The molecule has 0 aliphatic carbocycles. The minimum absolute atomic E-state index is 0.701. The van der Waals surface area contributed by atoms with Crippen LogP contribution in [0.15, 0.2) is 28.9 Å². The maximum atomic E-state index is 5.81. The summed E-state index contributed by atoms with van der Waals surface area (Å²) < 4.78 is 1.83. The van der Waals surface area contributed by atoms with Crippen LogP contribution < -0.4 is 5.32 Å². The molecule has 0 saturated carbocycles. The van der Waals surface area contributed by atoms with Crippen LogP contribution in [0.2, 0.25) is 4.34 Å². The van der Waals surface area contributed by atoms with Gasteiger partial charge in [0.25, 0.3) is 0 Å². The maximum Gasteiger partial charge on any atom is 0.113 e. The van der Waals surface area contributed by atoms with Gasteiger partial charge in [0.05, 0.1) is 12.7 Å². The number of benzene rings is 1. The highest BCUT2D eigenvalue weighted by atomic mass is 79.9. The number of hydrogen-bond acceptors (Lipinski definition) is 3. The lowest BCUT2D eigenvalue weighted by molar-refractivity contribution is 1.10. The molecule has 1 aromatic carbocycles. The predicted octanol–water partition coefficient (Wildman–Crippen LogP) is 4.48. The van der Waals surface area contributed by atoms with Crippen molar-refractivity contribution in [3.8, 4) is 0 Å². The summed E-state index contributed by atoms with van der Waals surface area (Å²) in [6, 6.07) is 6.18. The standard InChI is InChI=1S/C11H10BrClN2S/c1-7-2-3-8(4-9(7)12)14-6-11-15-5-10(13)16-11/h2-5,14H,6H2,1H3. The van der Waals surface area contributed by atoms with Gasteiger partial charge in [-0.15, -0.1) is 11.3 Å². The highest BCUT2D eigenvalue weighted by molar-refractivity contribution is 9.10. The van der Waals surface area contributed by atoms with E-state index in [0.717, 1.165) is 19.5 Å². The second-order valence-corrected chi connectivity index (χ2v) is 5.98. The molecular formula is C11H10BrClN2S. The monoisotopic (exact) mass is 316 g/mol. The molecule has 84 valence electrons. The van der Waals surface area contributed by atoms with Crippen molar-refractivity contribution in [2.75, 3.05) is 5.32 Å². The van der Waals surface area contributed by atoms with Crippen LogP contribution in [0.1, 0.15) is 10.6 Å². The molecule has 0 radical (unpaired) electrons. The van der Waals surface area contributed by atoms with E-state index in [-0.39, 0.29) is 0 Å². The van der Waals surface area contributed by atoms with Gasteiger partial charge in [-0.25, -0.2) is 4.98 Å². The first kappa shape index (κ1) is 11.9. The molecule has 0 amide bonds. The summed E-state index contributed by atoms with van der Waals surface area (Å²) in [6.45, 7) is 2.77. The van der Waals surface area contributed by atoms with E-state index in [4.69, 9.17) is 11.6 Å². The summed E-state index contributed by atoms with van der Waals surface area (Å²) in [5.74, 6) is 0. The van der Waals surface area contributed by atoms with Crippen molar-refractivity contribution in [1.29, 1.82) is 0 Å². The minimum Gasteiger partial charge on any atom is -0.378 e. The zero-order valence-electron chi connectivity index (χ0n) is 8.63. The van der Waals surface area contributed by atoms with E-state index in [9.17, 15) is 0 Å². The Balaban J connectivity index is 2.02. The number of anilines is 1. The third-order valence-corrected chi connectivity index (χ3v) is 4.11. The van der Waals surface area contributed by atoms with Crippen molar-refractivity contribution in [1.82, 2.24) is 4.98 Å². The third kappa shape index (κ3) is 2.97. The van der Waals surface area contributed by atoms with E-state index in [0.29, 0.717) is 6.54 Å². The van der Waals surface area contributed by atoms with Crippen LogP contribution in [0.4, 0.5) is 5.69 Å². The summed E-state index contributed by atoms with van der Waals surface area (Å²) in [5, 5.41) is 4.29. The average Bonchev–Trinajstić information content (AvgIpc) is 2.66. The van der Waals surface area contributed by atoms with Crippen molar-refractivity contribution in [2.45, 2.75) is 13.5 Å². The zero-order chi connectivity index (χ0) is 11.5. The summed E-state index contributed by atoms with van der Waals surface area (Å²) >= 11 is 10.8. The molecule has 0 bridgehead atoms. The normalized spacial score (nSPS) is 10.4. The van der Waals surface area contributed by atoms with Crippen molar-refractivity contribution in [2.24, 2.45) is 0 Å². The number of nitrogens with zero attached hydrogens (tertiary/aromatic N) is 1. The molecule has 1 aromatic heterocycles. The van der Waals surface area contributed by atoms with Gasteiger partial charge in [0.2, 0.25) is 0 Å². The number of aryl methyl sites for hydroxylation is 1. The van der Waals surface area contributed by atoms with E-state index >= 15 is 0 Å². The van der Waals surface area contributed by atoms with Crippen LogP contribution in [0.5, 0.6) is 0 Å². The fourth-order valence-corrected chi connectivity index (χ4v) is 2.53. The molecule has 0 atom stereocenters. The van der Waals surface area contributed by atoms with Gasteiger partial charge in [-0.05, 0) is 24.6 Å². The lowest BCUT2D eigenvalue weighted by Crippen LogP contribution is -1.98. The zero-order valence-corrected chi connectivity index (χ0v) is 11.8. The Kier molecular flexibility index (Phi) is 3.84. The first-order chi connectivity index (χ1) is 7.65. The fourth-order valence-electron chi connectivity index (χ4n) is 1.25. The molecule has 5 heteroatoms. The summed E-state index contributed by atoms with van der Waals surface area (Å²) in [5.41, 5.74) is 2.30. The molecule has 0 spiro atoms. The minimum atomic E-state index is 0.701. The van der Waals surface area contributed by atoms with Crippen LogP contribution >= 0.6 is 38.9 Å². The molecule has 1 heterocycles. The van der Waals surface area contributed by atoms with Crippen LogP contribution in [0.3, 0.4) is 0 Å². The molecule has 0 unspecified atom stereocenters. The molecule has 0 aliphatic rings. The highest BCUT2D eigenvalue weighted by Crippen LogP contribution is 2.22. The van der Waals surface area contributed by atoms with Gasteiger partial charge in [-0.2, -0.15) is 0 Å². The van der Waals surface area contributed by atoms with Gasteiger partial charge in [0.15, 0.2) is 0 Å². The summed E-state index contributed by atoms with van der Waals surface area (Å²) in [7, 11) is 0. The lowest BCUT2D eigenvalue weighted by atomic mass is 10.2. The quantitative estimate of drug-likeness (QED) is 0.903. The number of nitrogens with one attached hydrogen (secondary N) is 1. The number of hydrogen-bond donors (Lipinski definition) is 1. The smallest absolute Gasteiger partial charge is 0.113 e. The average molecular weight is 318 g/mol. The van der Waals surface area contributed by atoms with Gasteiger partial charge < -0.3 is 5.32 Å². The lowest BCUT2D eigenvalue weighted by Gasteiger charge is -2.06. The summed E-state index contributed by atoms with van der Waals surface area (Å²) in [4.78, 5) is 4.18.